The van der Waals surface area contributed by atoms with E-state index in [0.29, 0.717) is 31.5 Å². The first-order valence-electron chi connectivity index (χ1n) is 19.2. The van der Waals surface area contributed by atoms with Gasteiger partial charge in [0.1, 0.15) is 0 Å². The molecule has 2 aliphatic heterocycles. The van der Waals surface area contributed by atoms with Crippen molar-refractivity contribution in [1.82, 2.24) is 15.5 Å². The zero-order chi connectivity index (χ0) is 37.5. The molecule has 6 rings (SSSR count). The molecule has 2 amide bonds. The van der Waals surface area contributed by atoms with E-state index in [0.717, 1.165) is 52.6 Å². The number of hydrogen-bond acceptors (Lipinski definition) is 7. The molecule has 284 valence electrons. The smallest absolute Gasteiger partial charge is 0.303 e. The molecule has 6 atom stereocenters. The number of benzene rings is 3. The lowest BCUT2D eigenvalue weighted by atomic mass is 9.75. The van der Waals surface area contributed by atoms with E-state index in [9.17, 15) is 19.5 Å². The Labute approximate surface area is 313 Å². The van der Waals surface area contributed by atoms with Crippen LogP contribution >= 0.6 is 0 Å². The van der Waals surface area contributed by atoms with Gasteiger partial charge in [-0.1, -0.05) is 73.5 Å². The van der Waals surface area contributed by atoms with Crippen molar-refractivity contribution in [2.45, 2.75) is 128 Å². The van der Waals surface area contributed by atoms with Crippen molar-refractivity contribution in [2.24, 2.45) is 5.92 Å². The van der Waals surface area contributed by atoms with Crippen LogP contribution in [0.2, 0.25) is 0 Å². The number of rotatable bonds is 12. The predicted octanol–water partition coefficient (Wildman–Crippen LogP) is 6.81. The fraction of sp³-hybridized carbons (Fsp3) is 0.512. The van der Waals surface area contributed by atoms with Gasteiger partial charge >= 0.3 is 5.97 Å². The van der Waals surface area contributed by atoms with Crippen LogP contribution in [0.25, 0.3) is 11.1 Å². The molecule has 0 aromatic heterocycles. The molecule has 3 aromatic carbocycles. The number of fused-ring (bicyclic) bond motifs is 1. The fourth-order valence-corrected chi connectivity index (χ4v) is 8.23. The summed E-state index contributed by atoms with van der Waals surface area (Å²) in [7, 11) is 0. The second-order valence-corrected chi connectivity index (χ2v) is 16.0. The Hall–Kier alpha value is -4.09. The number of amides is 2. The maximum atomic E-state index is 13.8. The number of aliphatic hydroxyl groups excluding tert-OH is 1. The number of carboxylic acid groups (broad SMARTS) is 1. The number of piperidine rings is 1. The average Bonchev–Trinajstić information content (AvgIpc) is 3.15. The quantitative estimate of drug-likeness (QED) is 0.160. The van der Waals surface area contributed by atoms with Gasteiger partial charge in [0.05, 0.1) is 31.3 Å². The van der Waals surface area contributed by atoms with Crippen LogP contribution in [0.3, 0.4) is 0 Å². The van der Waals surface area contributed by atoms with Crippen LogP contribution in [0.15, 0.2) is 72.8 Å². The van der Waals surface area contributed by atoms with Crippen molar-refractivity contribution >= 4 is 17.8 Å². The lowest BCUT2D eigenvalue weighted by Crippen LogP contribution is -2.61. The van der Waals surface area contributed by atoms with Crippen LogP contribution < -0.4 is 10.6 Å². The molecule has 3 aliphatic rings. The summed E-state index contributed by atoms with van der Waals surface area (Å²) in [5.74, 6) is -0.616. The van der Waals surface area contributed by atoms with Crippen molar-refractivity contribution in [2.75, 3.05) is 6.54 Å². The van der Waals surface area contributed by atoms with E-state index in [4.69, 9.17) is 14.6 Å². The summed E-state index contributed by atoms with van der Waals surface area (Å²) >= 11 is 0. The minimum absolute atomic E-state index is 0.0270. The SMILES string of the molecule is CC(C)(C)NC(=O)C1CCC2CCCCC2N1CC1CC(c2ccc(CO)cc2)OC(c2cccc(-c3cccc(CNC(=O)CCC(=O)O)c3)c2)O1. The summed E-state index contributed by atoms with van der Waals surface area (Å²) in [6.07, 6.45) is 5.91. The summed E-state index contributed by atoms with van der Waals surface area (Å²) in [5, 5.41) is 24.7. The predicted molar refractivity (Wildman–Crippen MR) is 202 cm³/mol. The molecule has 4 N–H and O–H groups in total. The Balaban J connectivity index is 1.25. The van der Waals surface area contributed by atoms with Gasteiger partial charge in [0.15, 0.2) is 6.29 Å². The lowest BCUT2D eigenvalue weighted by molar-refractivity contribution is -0.255. The van der Waals surface area contributed by atoms with Gasteiger partial charge < -0.3 is 30.3 Å². The molecule has 3 fully saturated rings. The topological polar surface area (TPSA) is 137 Å². The molecule has 0 radical (unpaired) electrons. The van der Waals surface area contributed by atoms with Crippen molar-refractivity contribution in [3.63, 3.8) is 0 Å². The monoisotopic (exact) mass is 725 g/mol. The first kappa shape index (κ1) is 38.6. The van der Waals surface area contributed by atoms with E-state index < -0.39 is 12.3 Å². The highest BCUT2D eigenvalue weighted by atomic mass is 16.7. The minimum Gasteiger partial charge on any atom is -0.481 e. The molecule has 1 saturated carbocycles. The Morgan fingerprint density at radius 3 is 2.30 bits per heavy atom. The Bertz CT molecular complexity index is 1720. The number of aliphatic carboxylic acids is 1. The zero-order valence-electron chi connectivity index (χ0n) is 31.3. The summed E-state index contributed by atoms with van der Waals surface area (Å²) in [4.78, 5) is 39.3. The summed E-state index contributed by atoms with van der Waals surface area (Å²) in [5.41, 5.74) is 5.27. The number of hydrogen-bond donors (Lipinski definition) is 4. The first-order chi connectivity index (χ1) is 25.5. The number of carbonyl (C=O) groups excluding carboxylic acids is 2. The Morgan fingerprint density at radius 2 is 1.57 bits per heavy atom. The molecule has 2 saturated heterocycles. The molecule has 10 nitrogen and oxygen atoms in total. The third-order valence-electron chi connectivity index (χ3n) is 10.8. The molecular weight excluding hydrogens is 670 g/mol. The molecular formula is C43H55N3O7. The van der Waals surface area contributed by atoms with Crippen LogP contribution in [0.1, 0.15) is 113 Å². The second kappa shape index (κ2) is 17.4. The molecule has 1 aliphatic carbocycles. The number of aliphatic hydroxyl groups is 1. The highest BCUT2D eigenvalue weighted by Crippen LogP contribution is 2.42. The Kier molecular flexibility index (Phi) is 12.7. The summed E-state index contributed by atoms with van der Waals surface area (Å²) in [6.45, 7) is 7.01. The number of carboxylic acids is 1. The van der Waals surface area contributed by atoms with Crippen molar-refractivity contribution < 1.29 is 34.1 Å². The number of carbonyl (C=O) groups is 3. The molecule has 6 unspecified atom stereocenters. The molecule has 0 spiro atoms. The highest BCUT2D eigenvalue weighted by Gasteiger charge is 2.44. The van der Waals surface area contributed by atoms with E-state index in [-0.39, 0.29) is 55.1 Å². The van der Waals surface area contributed by atoms with E-state index in [1.165, 1.54) is 19.3 Å². The van der Waals surface area contributed by atoms with E-state index in [1.807, 2.05) is 87.5 Å². The van der Waals surface area contributed by atoms with Gasteiger partial charge in [-0.15, -0.1) is 0 Å². The Morgan fingerprint density at radius 1 is 0.830 bits per heavy atom. The van der Waals surface area contributed by atoms with Crippen LogP contribution in [0, 0.1) is 5.92 Å². The third kappa shape index (κ3) is 10.3. The van der Waals surface area contributed by atoms with Crippen LogP contribution in [0.4, 0.5) is 0 Å². The largest absolute Gasteiger partial charge is 0.481 e. The van der Waals surface area contributed by atoms with Crippen LogP contribution in [-0.2, 0) is 37.0 Å². The molecule has 0 bridgehead atoms. The summed E-state index contributed by atoms with van der Waals surface area (Å²) < 4.78 is 13.6. The van der Waals surface area contributed by atoms with Crippen molar-refractivity contribution in [1.29, 1.82) is 0 Å². The van der Waals surface area contributed by atoms with Crippen molar-refractivity contribution in [3.05, 3.63) is 95.1 Å². The van der Waals surface area contributed by atoms with Gasteiger partial charge in [0.2, 0.25) is 11.8 Å². The lowest BCUT2D eigenvalue weighted by Gasteiger charge is -2.50. The van der Waals surface area contributed by atoms with Gasteiger partial charge in [-0.05, 0) is 92.3 Å². The van der Waals surface area contributed by atoms with Crippen molar-refractivity contribution in [3.8, 4) is 11.1 Å². The minimum atomic E-state index is -0.998. The molecule has 2 heterocycles. The maximum Gasteiger partial charge on any atom is 0.303 e. The molecule has 53 heavy (non-hydrogen) atoms. The van der Waals surface area contributed by atoms with Gasteiger partial charge in [-0.3, -0.25) is 19.3 Å². The normalized spacial score (nSPS) is 24.9. The van der Waals surface area contributed by atoms with E-state index in [2.05, 4.69) is 21.6 Å². The third-order valence-corrected chi connectivity index (χ3v) is 10.8. The van der Waals surface area contributed by atoms with Crippen LogP contribution in [0.5, 0.6) is 0 Å². The standard InChI is InChI=1S/C43H55N3O7/c1-43(2,3)45-41(51)37-19-18-30-9-4-5-13-36(30)46(37)26-35-24-38(31-16-14-28(27-47)15-17-31)53-42(52-35)34-12-7-11-33(23-34)32-10-6-8-29(22-32)25-44-39(48)20-21-40(49)50/h6-8,10-12,14-17,22-23,30,35-38,42,47H,4-5,9,13,18-21,24-27H2,1-3H3,(H,44,48)(H,45,51)(H,49,50). The number of nitrogens with zero attached hydrogens (tertiary/aromatic N) is 1. The first-order valence-corrected chi connectivity index (χ1v) is 19.2. The van der Waals surface area contributed by atoms with E-state index >= 15 is 0 Å². The number of ether oxygens (including phenoxy) is 2. The maximum absolute atomic E-state index is 13.8. The molecule has 10 heteroatoms. The summed E-state index contributed by atoms with van der Waals surface area (Å²) in [6, 6.07) is 24.1. The van der Waals surface area contributed by atoms with Gasteiger partial charge in [0.25, 0.3) is 0 Å². The average molecular weight is 726 g/mol. The fourth-order valence-electron chi connectivity index (χ4n) is 8.23. The van der Waals surface area contributed by atoms with Gasteiger partial charge in [0, 0.05) is 43.1 Å². The highest BCUT2D eigenvalue weighted by molar-refractivity contribution is 5.82. The second-order valence-electron chi connectivity index (χ2n) is 16.0. The van der Waals surface area contributed by atoms with Gasteiger partial charge in [-0.25, -0.2) is 0 Å². The number of likely N-dealkylation sites (tertiary alicyclic amines) is 1. The van der Waals surface area contributed by atoms with Crippen LogP contribution in [-0.4, -0.2) is 63.2 Å². The van der Waals surface area contributed by atoms with E-state index in [1.54, 1.807) is 0 Å². The zero-order valence-corrected chi connectivity index (χ0v) is 31.3. The van der Waals surface area contributed by atoms with Gasteiger partial charge in [-0.2, -0.15) is 0 Å². The number of nitrogens with one attached hydrogen (secondary N) is 2. The molecule has 3 aromatic rings.